The molecule has 1 aromatic carbocycles. The Bertz CT molecular complexity index is 741. The van der Waals surface area contributed by atoms with Crippen molar-refractivity contribution >= 4 is 38.9 Å². The van der Waals surface area contributed by atoms with Crippen LogP contribution >= 0.6 is 12.2 Å². The summed E-state index contributed by atoms with van der Waals surface area (Å²) in [7, 11) is -3.51. The second kappa shape index (κ2) is 7.65. The zero-order valence-corrected chi connectivity index (χ0v) is 15.2. The minimum Gasteiger partial charge on any atom is -0.379 e. The van der Waals surface area contributed by atoms with Crippen molar-refractivity contribution in [1.82, 2.24) is 15.2 Å². The Hall–Kier alpha value is -1.75. The van der Waals surface area contributed by atoms with Crippen LogP contribution in [0, 0.1) is 5.92 Å². The number of hydrogen-bond acceptors (Lipinski definition) is 5. The predicted octanol–water partition coefficient (Wildman–Crippen LogP) is 0.435. The average molecular weight is 384 g/mol. The first-order valence-electron chi connectivity index (χ1n) is 8.01. The molecule has 1 aromatic rings. The number of hydrazine groups is 1. The van der Waals surface area contributed by atoms with Crippen molar-refractivity contribution < 1.29 is 17.9 Å². The van der Waals surface area contributed by atoms with Gasteiger partial charge in [0.05, 0.1) is 18.1 Å². The summed E-state index contributed by atoms with van der Waals surface area (Å²) in [6, 6.07) is 6.31. The van der Waals surface area contributed by atoms with Crippen molar-refractivity contribution in [3.05, 3.63) is 24.3 Å². The maximum absolute atomic E-state index is 12.5. The van der Waals surface area contributed by atoms with Crippen LogP contribution in [0.5, 0.6) is 0 Å². The maximum atomic E-state index is 12.5. The Morgan fingerprint density at radius 3 is 2.36 bits per heavy atom. The summed E-state index contributed by atoms with van der Waals surface area (Å²) in [6.45, 7) is 1.53. The molecule has 1 saturated carbocycles. The standard InChI is InChI=1S/C15H20N4O4S2/c20-14(11-1-2-11)17-18-15(24)16-12-3-5-13(6-4-12)25(21,22)19-7-9-23-10-8-19/h3-6,11H,1-2,7-10H2,(H,17,20)(H2,16,18,24). The largest absolute Gasteiger partial charge is 0.379 e. The molecule has 0 bridgehead atoms. The van der Waals surface area contributed by atoms with Gasteiger partial charge in [-0.15, -0.1) is 0 Å². The molecule has 0 radical (unpaired) electrons. The van der Waals surface area contributed by atoms with Gasteiger partial charge in [0.1, 0.15) is 0 Å². The third-order valence-corrected chi connectivity index (χ3v) is 6.08. The monoisotopic (exact) mass is 384 g/mol. The van der Waals surface area contributed by atoms with E-state index in [1.807, 2.05) is 0 Å². The summed E-state index contributed by atoms with van der Waals surface area (Å²) in [6.07, 6.45) is 1.82. The fraction of sp³-hybridized carbons (Fsp3) is 0.467. The molecule has 1 aliphatic carbocycles. The van der Waals surface area contributed by atoms with Crippen molar-refractivity contribution in [2.45, 2.75) is 17.7 Å². The maximum Gasteiger partial charge on any atom is 0.243 e. The van der Waals surface area contributed by atoms with Gasteiger partial charge in [-0.25, -0.2) is 8.42 Å². The van der Waals surface area contributed by atoms with Crippen LogP contribution in [-0.2, 0) is 19.6 Å². The number of carbonyl (C=O) groups is 1. The van der Waals surface area contributed by atoms with E-state index < -0.39 is 10.0 Å². The fourth-order valence-electron chi connectivity index (χ4n) is 2.37. The lowest BCUT2D eigenvalue weighted by Gasteiger charge is -2.26. The van der Waals surface area contributed by atoms with Gasteiger partial charge >= 0.3 is 0 Å². The second-order valence-corrected chi connectivity index (χ2v) is 8.23. The van der Waals surface area contributed by atoms with Gasteiger partial charge in [0.2, 0.25) is 15.9 Å². The lowest BCUT2D eigenvalue weighted by molar-refractivity contribution is -0.122. The summed E-state index contributed by atoms with van der Waals surface area (Å²) < 4.78 is 31.7. The molecule has 136 valence electrons. The fourth-order valence-corrected chi connectivity index (χ4v) is 3.95. The van der Waals surface area contributed by atoms with Gasteiger partial charge in [-0.2, -0.15) is 4.31 Å². The van der Waals surface area contributed by atoms with Crippen molar-refractivity contribution in [1.29, 1.82) is 0 Å². The first kappa shape index (κ1) is 18.1. The van der Waals surface area contributed by atoms with E-state index in [2.05, 4.69) is 16.2 Å². The highest BCUT2D eigenvalue weighted by atomic mass is 32.2. The molecule has 3 rings (SSSR count). The number of benzene rings is 1. The normalized spacial score (nSPS) is 18.4. The van der Waals surface area contributed by atoms with Crippen molar-refractivity contribution in [2.75, 3.05) is 31.6 Å². The molecule has 0 spiro atoms. The molecular weight excluding hydrogens is 364 g/mol. The molecule has 0 atom stereocenters. The van der Waals surface area contributed by atoms with Crippen LogP contribution < -0.4 is 16.2 Å². The number of nitrogens with one attached hydrogen (secondary N) is 3. The molecule has 0 aromatic heterocycles. The topological polar surface area (TPSA) is 99.8 Å². The van der Waals surface area contributed by atoms with Gasteiger partial charge in [-0.3, -0.25) is 15.6 Å². The van der Waals surface area contributed by atoms with E-state index in [4.69, 9.17) is 17.0 Å². The molecule has 25 heavy (non-hydrogen) atoms. The number of morpholine rings is 1. The molecule has 2 aliphatic rings. The summed E-state index contributed by atoms with van der Waals surface area (Å²) in [5, 5.41) is 3.13. The lowest BCUT2D eigenvalue weighted by Crippen LogP contribution is -2.44. The number of rotatable bonds is 4. The molecule has 2 fully saturated rings. The second-order valence-electron chi connectivity index (χ2n) is 5.88. The number of anilines is 1. The smallest absolute Gasteiger partial charge is 0.243 e. The van der Waals surface area contributed by atoms with Gasteiger partial charge in [0, 0.05) is 24.7 Å². The summed E-state index contributed by atoms with van der Waals surface area (Å²) in [4.78, 5) is 11.7. The number of carbonyl (C=O) groups excluding carboxylic acids is 1. The van der Waals surface area contributed by atoms with E-state index in [9.17, 15) is 13.2 Å². The summed E-state index contributed by atoms with van der Waals surface area (Å²) in [5.74, 6) is 0.0103. The number of sulfonamides is 1. The van der Waals surface area contributed by atoms with Crippen LogP contribution in [0.1, 0.15) is 12.8 Å². The Balaban J connectivity index is 1.55. The highest BCUT2D eigenvalue weighted by Crippen LogP contribution is 2.28. The molecule has 10 heteroatoms. The Morgan fingerprint density at radius 1 is 1.12 bits per heavy atom. The highest BCUT2D eigenvalue weighted by molar-refractivity contribution is 7.89. The van der Waals surface area contributed by atoms with Crippen molar-refractivity contribution in [3.63, 3.8) is 0 Å². The van der Waals surface area contributed by atoms with Gasteiger partial charge in [0.15, 0.2) is 5.11 Å². The summed E-state index contributed by atoms with van der Waals surface area (Å²) in [5.41, 5.74) is 5.79. The van der Waals surface area contributed by atoms with Crippen molar-refractivity contribution in [3.8, 4) is 0 Å². The number of thiocarbonyl (C=S) groups is 1. The van der Waals surface area contributed by atoms with Gasteiger partial charge in [-0.1, -0.05) is 0 Å². The quantitative estimate of drug-likeness (QED) is 0.511. The van der Waals surface area contributed by atoms with E-state index in [1.165, 1.54) is 16.4 Å². The van der Waals surface area contributed by atoms with E-state index in [0.29, 0.717) is 32.0 Å². The third kappa shape index (κ3) is 4.66. The predicted molar refractivity (Wildman–Crippen MR) is 96.2 cm³/mol. The molecule has 8 nitrogen and oxygen atoms in total. The van der Waals surface area contributed by atoms with E-state index in [0.717, 1.165) is 12.8 Å². The molecule has 3 N–H and O–H groups in total. The van der Waals surface area contributed by atoms with E-state index >= 15 is 0 Å². The Labute approximate surface area is 151 Å². The average Bonchev–Trinajstić information content (AvgIpc) is 3.46. The van der Waals surface area contributed by atoms with Crippen LogP contribution in [0.15, 0.2) is 29.2 Å². The molecule has 1 aliphatic heterocycles. The zero-order valence-electron chi connectivity index (χ0n) is 13.5. The minimum absolute atomic E-state index is 0.0731. The lowest BCUT2D eigenvalue weighted by atomic mass is 10.3. The summed E-state index contributed by atoms with van der Waals surface area (Å²) >= 11 is 5.09. The molecule has 1 amide bonds. The first-order valence-corrected chi connectivity index (χ1v) is 9.86. The van der Waals surface area contributed by atoms with Crippen LogP contribution in [0.4, 0.5) is 5.69 Å². The highest BCUT2D eigenvalue weighted by Gasteiger charge is 2.29. The molecular formula is C15H20N4O4S2. The van der Waals surface area contributed by atoms with Gasteiger partial charge in [0.25, 0.3) is 0 Å². The number of ether oxygens (including phenoxy) is 1. The molecule has 0 unspecified atom stereocenters. The number of nitrogens with zero attached hydrogens (tertiary/aromatic N) is 1. The minimum atomic E-state index is -3.51. The number of hydrogen-bond donors (Lipinski definition) is 3. The Kier molecular flexibility index (Phi) is 5.52. The van der Waals surface area contributed by atoms with Crippen molar-refractivity contribution in [2.24, 2.45) is 5.92 Å². The van der Waals surface area contributed by atoms with Crippen LogP contribution in [0.2, 0.25) is 0 Å². The van der Waals surface area contributed by atoms with Crippen LogP contribution in [-0.4, -0.2) is 50.0 Å². The van der Waals surface area contributed by atoms with Crippen LogP contribution in [0.25, 0.3) is 0 Å². The third-order valence-electron chi connectivity index (χ3n) is 3.97. The van der Waals surface area contributed by atoms with Gasteiger partial charge in [-0.05, 0) is 49.3 Å². The van der Waals surface area contributed by atoms with E-state index in [-0.39, 0.29) is 21.8 Å². The molecule has 1 saturated heterocycles. The SMILES string of the molecule is O=C(NNC(=S)Nc1ccc(S(=O)(=O)N2CCOCC2)cc1)C1CC1. The zero-order chi connectivity index (χ0) is 17.9. The van der Waals surface area contributed by atoms with Gasteiger partial charge < -0.3 is 10.1 Å². The first-order chi connectivity index (χ1) is 12.0. The Morgan fingerprint density at radius 2 is 1.76 bits per heavy atom. The molecule has 1 heterocycles. The number of amides is 1. The van der Waals surface area contributed by atoms with E-state index in [1.54, 1.807) is 12.1 Å². The van der Waals surface area contributed by atoms with Crippen LogP contribution in [0.3, 0.4) is 0 Å².